The first-order valence-corrected chi connectivity index (χ1v) is 9.08. The molecule has 1 aliphatic rings. The average molecular weight is 401 g/mol. The molecule has 0 bridgehead atoms. The minimum atomic E-state index is -0.310. The fourth-order valence-electron chi connectivity index (χ4n) is 2.83. The van der Waals surface area contributed by atoms with E-state index >= 15 is 0 Å². The Morgan fingerprint density at radius 1 is 1.20 bits per heavy atom. The minimum absolute atomic E-state index is 0.0946. The van der Waals surface area contributed by atoms with Crippen LogP contribution in [0.5, 0.6) is 0 Å². The Morgan fingerprint density at radius 3 is 2.68 bits per heavy atom. The van der Waals surface area contributed by atoms with Crippen molar-refractivity contribution >= 4 is 38.1 Å². The molecular formula is C19H20N3O2Se. The molecule has 2 aromatic carbocycles. The number of hydrogen-bond acceptors (Lipinski definition) is 4. The molecule has 0 spiro atoms. The summed E-state index contributed by atoms with van der Waals surface area (Å²) in [6.45, 7) is 0.942. The summed E-state index contributed by atoms with van der Waals surface area (Å²) in [5.41, 5.74) is 8.25. The number of nitrogen functional groups attached to an aromatic ring is 1. The number of aliphatic imine (C=N–C) groups is 1. The number of ether oxygens (including phenoxy) is 1. The van der Waals surface area contributed by atoms with E-state index in [0.29, 0.717) is 17.9 Å². The van der Waals surface area contributed by atoms with Gasteiger partial charge >= 0.3 is 155 Å². The van der Waals surface area contributed by atoms with Crippen LogP contribution in [-0.2, 0) is 11.3 Å². The van der Waals surface area contributed by atoms with Crippen molar-refractivity contribution in [1.29, 1.82) is 0 Å². The van der Waals surface area contributed by atoms with Gasteiger partial charge in [0.25, 0.3) is 0 Å². The molecule has 0 aromatic heterocycles. The molecule has 2 aromatic rings. The number of rotatable bonds is 4. The zero-order valence-electron chi connectivity index (χ0n) is 13.8. The molecular weight excluding hydrogens is 381 g/mol. The Labute approximate surface area is 155 Å². The van der Waals surface area contributed by atoms with E-state index < -0.39 is 0 Å². The van der Waals surface area contributed by atoms with E-state index in [2.05, 4.69) is 21.0 Å². The summed E-state index contributed by atoms with van der Waals surface area (Å²) in [5.74, 6) is 0. The molecule has 129 valence electrons. The first kappa shape index (κ1) is 17.5. The number of amides is 1. The van der Waals surface area contributed by atoms with Crippen molar-refractivity contribution in [3.8, 4) is 0 Å². The van der Waals surface area contributed by atoms with Crippen molar-refractivity contribution in [3.63, 3.8) is 0 Å². The van der Waals surface area contributed by atoms with Crippen molar-refractivity contribution < 1.29 is 9.53 Å². The van der Waals surface area contributed by atoms with Gasteiger partial charge in [0, 0.05) is 0 Å². The van der Waals surface area contributed by atoms with E-state index in [-0.39, 0.29) is 18.7 Å². The number of anilines is 1. The van der Waals surface area contributed by atoms with Gasteiger partial charge in [0.1, 0.15) is 0 Å². The first-order chi connectivity index (χ1) is 12.1. The van der Waals surface area contributed by atoms with Crippen LogP contribution in [0.2, 0.25) is 0 Å². The number of para-hydroxylation sites is 2. The van der Waals surface area contributed by atoms with Crippen LogP contribution in [0.1, 0.15) is 18.4 Å². The van der Waals surface area contributed by atoms with Crippen molar-refractivity contribution in [1.82, 2.24) is 4.90 Å². The third-order valence-corrected chi connectivity index (χ3v) is 4.91. The summed E-state index contributed by atoms with van der Waals surface area (Å²) in [4.78, 5) is 18.8. The van der Waals surface area contributed by atoms with Gasteiger partial charge in [-0.3, -0.25) is 0 Å². The molecule has 1 heterocycles. The Kier molecular flexibility index (Phi) is 5.74. The number of carbonyl (C=O) groups excluding carboxylic acids is 1. The molecule has 0 saturated carbocycles. The molecule has 0 unspecified atom stereocenters. The van der Waals surface area contributed by atoms with E-state index in [4.69, 9.17) is 10.5 Å². The second-order valence-corrected chi connectivity index (χ2v) is 6.78. The zero-order valence-corrected chi connectivity index (χ0v) is 15.5. The normalized spacial score (nSPS) is 17.5. The van der Waals surface area contributed by atoms with Crippen molar-refractivity contribution in [2.24, 2.45) is 4.99 Å². The van der Waals surface area contributed by atoms with Crippen LogP contribution < -0.4 is 5.73 Å². The summed E-state index contributed by atoms with van der Waals surface area (Å²) >= 11 is 3.00. The quantitative estimate of drug-likeness (QED) is 0.486. The monoisotopic (exact) mass is 402 g/mol. The summed E-state index contributed by atoms with van der Waals surface area (Å²) in [6, 6.07) is 17.0. The van der Waals surface area contributed by atoms with Crippen molar-refractivity contribution in [2.45, 2.75) is 25.5 Å². The number of nitrogens with zero attached hydrogens (tertiary/aromatic N) is 2. The average Bonchev–Trinajstić information content (AvgIpc) is 3.12. The van der Waals surface area contributed by atoms with E-state index in [1.54, 1.807) is 4.90 Å². The maximum atomic E-state index is 12.5. The third-order valence-electron chi connectivity index (χ3n) is 4.14. The second-order valence-electron chi connectivity index (χ2n) is 5.90. The van der Waals surface area contributed by atoms with Gasteiger partial charge in [-0.1, -0.05) is 0 Å². The van der Waals surface area contributed by atoms with Gasteiger partial charge in [0.15, 0.2) is 0 Å². The maximum absolute atomic E-state index is 12.5. The standard InChI is InChI=1S/C19H20N3O2Se/c20-15-9-4-5-10-16(15)21-18(25)17-11-6-12-22(17)19(23)24-13-14-7-2-1-3-8-14/h1-5,7-10,17H,6,11-13,20H2/t17-/m0/s1. The summed E-state index contributed by atoms with van der Waals surface area (Å²) in [6.07, 6.45) is 1.48. The fraction of sp³-hybridized carbons (Fsp3) is 0.263. The van der Waals surface area contributed by atoms with Crippen molar-refractivity contribution in [3.05, 3.63) is 60.2 Å². The Morgan fingerprint density at radius 2 is 1.92 bits per heavy atom. The Bertz CT molecular complexity index is 764. The van der Waals surface area contributed by atoms with Gasteiger partial charge < -0.3 is 0 Å². The summed E-state index contributed by atoms with van der Waals surface area (Å²) < 4.78 is 6.22. The molecule has 1 amide bonds. The molecule has 1 radical (unpaired) electrons. The second kappa shape index (κ2) is 8.19. The number of benzene rings is 2. The molecule has 1 aliphatic heterocycles. The van der Waals surface area contributed by atoms with Crippen LogP contribution in [0.4, 0.5) is 16.2 Å². The molecule has 1 fully saturated rings. The van der Waals surface area contributed by atoms with Crippen molar-refractivity contribution in [2.75, 3.05) is 12.3 Å². The van der Waals surface area contributed by atoms with E-state index in [1.165, 1.54) is 0 Å². The Hall–Kier alpha value is -2.30. The van der Waals surface area contributed by atoms with E-state index in [1.807, 2.05) is 54.6 Å². The number of hydrogen-bond donors (Lipinski definition) is 1. The number of carbonyl (C=O) groups is 1. The van der Waals surface area contributed by atoms with E-state index in [9.17, 15) is 4.79 Å². The topological polar surface area (TPSA) is 67.9 Å². The summed E-state index contributed by atoms with van der Waals surface area (Å²) in [5, 5.41) is 0. The number of likely N-dealkylation sites (tertiary alicyclic amines) is 1. The van der Waals surface area contributed by atoms with Gasteiger partial charge in [-0.15, -0.1) is 0 Å². The van der Waals surface area contributed by atoms with Gasteiger partial charge in [0.2, 0.25) is 0 Å². The summed E-state index contributed by atoms with van der Waals surface area (Å²) in [7, 11) is 0. The molecule has 5 nitrogen and oxygen atoms in total. The van der Waals surface area contributed by atoms with Crippen LogP contribution in [0.15, 0.2) is 59.6 Å². The van der Waals surface area contributed by atoms with Crippen LogP contribution in [0.25, 0.3) is 0 Å². The first-order valence-electron chi connectivity index (χ1n) is 8.22. The molecule has 3 rings (SSSR count). The fourth-order valence-corrected chi connectivity index (χ4v) is 3.55. The van der Waals surface area contributed by atoms with Crippen LogP contribution in [0, 0.1) is 0 Å². The molecule has 1 atom stereocenters. The number of nitrogens with two attached hydrogens (primary N) is 1. The van der Waals surface area contributed by atoms with Crippen LogP contribution in [0.3, 0.4) is 0 Å². The van der Waals surface area contributed by atoms with Crippen LogP contribution >= 0.6 is 0 Å². The molecule has 25 heavy (non-hydrogen) atoms. The van der Waals surface area contributed by atoms with Gasteiger partial charge in [-0.2, -0.15) is 0 Å². The predicted octanol–water partition coefficient (Wildman–Crippen LogP) is 3.27. The molecule has 2 N–H and O–H groups in total. The predicted molar refractivity (Wildman–Crippen MR) is 100 cm³/mol. The Balaban J connectivity index is 1.67. The molecule has 1 saturated heterocycles. The molecule has 0 aliphatic carbocycles. The zero-order chi connectivity index (χ0) is 17.6. The van der Waals surface area contributed by atoms with Gasteiger partial charge in [0.05, 0.1) is 0 Å². The molecule has 6 heteroatoms. The SMILES string of the molecule is Nc1ccccc1N=C([Se])[C@@H]1CCCN1C(=O)OCc1ccccc1. The van der Waals surface area contributed by atoms with Gasteiger partial charge in [-0.25, -0.2) is 0 Å². The van der Waals surface area contributed by atoms with Crippen LogP contribution in [-0.4, -0.2) is 44.2 Å². The van der Waals surface area contributed by atoms with E-state index in [0.717, 1.165) is 23.0 Å². The van der Waals surface area contributed by atoms with Gasteiger partial charge in [-0.05, 0) is 0 Å². The third kappa shape index (κ3) is 4.41.